The van der Waals surface area contributed by atoms with Crippen LogP contribution in [0.4, 0.5) is 0 Å². The summed E-state index contributed by atoms with van der Waals surface area (Å²) in [5.74, 6) is -0.171. The van der Waals surface area contributed by atoms with Crippen LogP contribution in [0, 0.1) is 0 Å². The van der Waals surface area contributed by atoms with Crippen molar-refractivity contribution in [2.45, 2.75) is 57.3 Å². The van der Waals surface area contributed by atoms with Crippen LogP contribution in [0.2, 0.25) is 0 Å². The minimum Gasteiger partial charge on any atom is -0.355 e. The highest BCUT2D eigenvalue weighted by atomic mass is 16.7. The van der Waals surface area contributed by atoms with Crippen molar-refractivity contribution in [3.63, 3.8) is 0 Å². The number of unbranched alkanes of at least 4 members (excludes halogenated alkanes) is 1. The van der Waals surface area contributed by atoms with Crippen LogP contribution >= 0.6 is 0 Å². The third-order valence-electron chi connectivity index (χ3n) is 4.40. The first kappa shape index (κ1) is 15.7. The van der Waals surface area contributed by atoms with Gasteiger partial charge in [0.1, 0.15) is 0 Å². The van der Waals surface area contributed by atoms with Crippen LogP contribution in [0.5, 0.6) is 0 Å². The second kappa shape index (κ2) is 7.38. The van der Waals surface area contributed by atoms with E-state index in [1.54, 1.807) is 0 Å². The van der Waals surface area contributed by atoms with Crippen LogP contribution in [0.15, 0.2) is 0 Å². The Balaban J connectivity index is 1.68. The van der Waals surface area contributed by atoms with Crippen LogP contribution in [0.25, 0.3) is 0 Å². The van der Waals surface area contributed by atoms with Gasteiger partial charge in [-0.15, -0.1) is 0 Å². The zero-order chi connectivity index (χ0) is 14.4. The Morgan fingerprint density at radius 1 is 1.30 bits per heavy atom. The molecule has 5 nitrogen and oxygen atoms in total. The van der Waals surface area contributed by atoms with Gasteiger partial charge < -0.3 is 14.8 Å². The molecule has 1 heterocycles. The molecule has 0 atom stereocenters. The Morgan fingerprint density at radius 3 is 2.55 bits per heavy atom. The van der Waals surface area contributed by atoms with Crippen LogP contribution < -0.4 is 5.32 Å². The van der Waals surface area contributed by atoms with E-state index >= 15 is 0 Å². The van der Waals surface area contributed by atoms with Crippen molar-refractivity contribution in [3.05, 3.63) is 0 Å². The van der Waals surface area contributed by atoms with Crippen LogP contribution in [-0.2, 0) is 14.3 Å². The molecule has 1 saturated carbocycles. The molecule has 2 aliphatic rings. The third kappa shape index (κ3) is 4.17. The lowest BCUT2D eigenvalue weighted by Crippen LogP contribution is -2.46. The molecule has 1 N–H and O–H groups in total. The maximum atomic E-state index is 11.8. The van der Waals surface area contributed by atoms with Gasteiger partial charge in [0, 0.05) is 25.4 Å². The molecule has 0 aromatic carbocycles. The van der Waals surface area contributed by atoms with E-state index in [-0.39, 0.29) is 11.7 Å². The molecule has 116 valence electrons. The first-order valence-corrected chi connectivity index (χ1v) is 7.90. The Kier molecular flexibility index (Phi) is 5.81. The summed E-state index contributed by atoms with van der Waals surface area (Å²) in [5.41, 5.74) is 0. The van der Waals surface area contributed by atoms with Gasteiger partial charge in [-0.2, -0.15) is 0 Å². The molecule has 1 saturated heterocycles. The fourth-order valence-electron chi connectivity index (χ4n) is 3.08. The molecule has 0 aromatic rings. The minimum absolute atomic E-state index is 0.134. The number of ether oxygens (including phenoxy) is 2. The van der Waals surface area contributed by atoms with E-state index < -0.39 is 0 Å². The third-order valence-corrected chi connectivity index (χ3v) is 4.40. The van der Waals surface area contributed by atoms with Crippen molar-refractivity contribution in [1.29, 1.82) is 0 Å². The highest BCUT2D eigenvalue weighted by Crippen LogP contribution is 2.36. The first-order valence-electron chi connectivity index (χ1n) is 7.90. The van der Waals surface area contributed by atoms with Crippen molar-refractivity contribution in [1.82, 2.24) is 10.2 Å². The number of hydrogen-bond donors (Lipinski definition) is 1. The summed E-state index contributed by atoms with van der Waals surface area (Å²) in [6, 6.07) is 0.463. The van der Waals surface area contributed by atoms with E-state index in [1.807, 2.05) is 7.05 Å². The lowest BCUT2D eigenvalue weighted by atomic mass is 9.89. The molecule has 2 rings (SSSR count). The summed E-state index contributed by atoms with van der Waals surface area (Å²) < 4.78 is 11.5. The van der Waals surface area contributed by atoms with E-state index in [2.05, 4.69) is 17.1 Å². The van der Waals surface area contributed by atoms with Gasteiger partial charge in [-0.3, -0.25) is 9.69 Å². The van der Waals surface area contributed by atoms with Crippen molar-refractivity contribution in [2.24, 2.45) is 0 Å². The van der Waals surface area contributed by atoms with E-state index in [0.717, 1.165) is 58.3 Å². The predicted octanol–water partition coefficient (Wildman–Crippen LogP) is 1.52. The first-order chi connectivity index (χ1) is 9.65. The maximum absolute atomic E-state index is 11.8. The topological polar surface area (TPSA) is 50.8 Å². The van der Waals surface area contributed by atoms with Crippen molar-refractivity contribution >= 4 is 5.91 Å². The van der Waals surface area contributed by atoms with Gasteiger partial charge in [0.15, 0.2) is 5.79 Å². The number of nitrogens with one attached hydrogen (secondary N) is 1. The van der Waals surface area contributed by atoms with Crippen molar-refractivity contribution < 1.29 is 14.3 Å². The lowest BCUT2D eigenvalue weighted by molar-refractivity contribution is -0.183. The standard InChI is InChI=1S/C15H28N2O3/c1-3-4-9-16-14(18)12-17(2)13-5-7-15(8-6-13)19-10-11-20-15/h13H,3-12H2,1-2H3,(H,16,18). The minimum atomic E-state index is -0.305. The highest BCUT2D eigenvalue weighted by Gasteiger charge is 2.41. The van der Waals surface area contributed by atoms with Crippen LogP contribution in [0.3, 0.4) is 0 Å². The van der Waals surface area contributed by atoms with Crippen LogP contribution in [0.1, 0.15) is 45.4 Å². The van der Waals surface area contributed by atoms with Gasteiger partial charge in [-0.25, -0.2) is 0 Å². The maximum Gasteiger partial charge on any atom is 0.234 e. The number of amides is 1. The fraction of sp³-hybridized carbons (Fsp3) is 0.933. The smallest absolute Gasteiger partial charge is 0.234 e. The summed E-state index contributed by atoms with van der Waals surface area (Å²) in [5, 5.41) is 2.97. The normalized spacial score (nSPS) is 22.6. The van der Waals surface area contributed by atoms with Gasteiger partial charge in [0.25, 0.3) is 0 Å². The number of nitrogens with zero attached hydrogens (tertiary/aromatic N) is 1. The number of rotatable bonds is 6. The molecule has 1 spiro atoms. The van der Waals surface area contributed by atoms with E-state index in [0.29, 0.717) is 12.6 Å². The van der Waals surface area contributed by atoms with Crippen molar-refractivity contribution in [3.8, 4) is 0 Å². The zero-order valence-corrected chi connectivity index (χ0v) is 12.8. The molecular weight excluding hydrogens is 256 g/mol. The summed E-state index contributed by atoms with van der Waals surface area (Å²) in [4.78, 5) is 14.0. The van der Waals surface area contributed by atoms with E-state index in [1.165, 1.54) is 0 Å². The molecule has 0 unspecified atom stereocenters. The summed E-state index contributed by atoms with van der Waals surface area (Å²) >= 11 is 0. The Bertz CT molecular complexity index is 306. The predicted molar refractivity (Wildman–Crippen MR) is 77.4 cm³/mol. The Labute approximate surface area is 122 Å². The van der Waals surface area contributed by atoms with Gasteiger partial charge in [0.05, 0.1) is 19.8 Å². The lowest BCUT2D eigenvalue weighted by Gasteiger charge is -2.38. The van der Waals surface area contributed by atoms with Gasteiger partial charge in [0.2, 0.25) is 5.91 Å². The Morgan fingerprint density at radius 2 is 1.95 bits per heavy atom. The van der Waals surface area contributed by atoms with Crippen LogP contribution in [-0.4, -0.2) is 56.0 Å². The molecule has 1 aliphatic carbocycles. The number of hydrogen-bond acceptors (Lipinski definition) is 4. The van der Waals surface area contributed by atoms with E-state index in [4.69, 9.17) is 9.47 Å². The number of carbonyl (C=O) groups excluding carboxylic acids is 1. The molecule has 0 radical (unpaired) electrons. The molecule has 0 aromatic heterocycles. The molecular formula is C15H28N2O3. The zero-order valence-electron chi connectivity index (χ0n) is 12.8. The average Bonchev–Trinajstić information content (AvgIpc) is 2.88. The molecule has 5 heteroatoms. The monoisotopic (exact) mass is 284 g/mol. The second-order valence-electron chi connectivity index (χ2n) is 5.96. The SMILES string of the molecule is CCCCNC(=O)CN(C)C1CCC2(CC1)OCCO2. The summed E-state index contributed by atoms with van der Waals surface area (Å²) in [6.07, 6.45) is 6.13. The largest absolute Gasteiger partial charge is 0.355 e. The fourth-order valence-corrected chi connectivity index (χ4v) is 3.08. The van der Waals surface area contributed by atoms with Crippen molar-refractivity contribution in [2.75, 3.05) is 33.4 Å². The van der Waals surface area contributed by atoms with Gasteiger partial charge in [-0.1, -0.05) is 13.3 Å². The molecule has 0 bridgehead atoms. The number of likely N-dealkylation sites (N-methyl/N-ethyl adjacent to an activating group) is 1. The van der Waals surface area contributed by atoms with E-state index in [9.17, 15) is 4.79 Å². The molecule has 20 heavy (non-hydrogen) atoms. The summed E-state index contributed by atoms with van der Waals surface area (Å²) in [7, 11) is 2.04. The summed E-state index contributed by atoms with van der Waals surface area (Å²) in [6.45, 7) is 4.85. The van der Waals surface area contributed by atoms with Gasteiger partial charge >= 0.3 is 0 Å². The highest BCUT2D eigenvalue weighted by molar-refractivity contribution is 5.77. The second-order valence-corrected chi connectivity index (χ2v) is 5.96. The molecule has 1 amide bonds. The average molecular weight is 284 g/mol. The Hall–Kier alpha value is -0.650. The molecule has 1 aliphatic heterocycles. The molecule has 2 fully saturated rings. The number of carbonyl (C=O) groups is 1. The van der Waals surface area contributed by atoms with Gasteiger partial charge in [-0.05, 0) is 26.3 Å². The quantitative estimate of drug-likeness (QED) is 0.751.